The lowest BCUT2D eigenvalue weighted by Gasteiger charge is -2.23. The lowest BCUT2D eigenvalue weighted by molar-refractivity contribution is -0.126. The second-order valence-corrected chi connectivity index (χ2v) is 4.08. The lowest BCUT2D eigenvalue weighted by Crippen LogP contribution is -2.22. The highest BCUT2D eigenvalue weighted by Crippen LogP contribution is 2.29. The molecule has 1 saturated carbocycles. The first-order valence-electron chi connectivity index (χ1n) is 4.81. The van der Waals surface area contributed by atoms with Crippen LogP contribution in [-0.4, -0.2) is 5.78 Å². The first-order valence-corrected chi connectivity index (χ1v) is 4.81. The molecule has 0 saturated heterocycles. The van der Waals surface area contributed by atoms with Crippen LogP contribution in [0.3, 0.4) is 0 Å². The molecule has 0 bridgehead atoms. The molecule has 1 fully saturated rings. The summed E-state index contributed by atoms with van der Waals surface area (Å²) < 4.78 is 0. The van der Waals surface area contributed by atoms with Crippen molar-refractivity contribution >= 4 is 5.78 Å². The van der Waals surface area contributed by atoms with Crippen molar-refractivity contribution in [2.75, 3.05) is 0 Å². The zero-order chi connectivity index (χ0) is 9.14. The summed E-state index contributed by atoms with van der Waals surface area (Å²) in [4.78, 5) is 11.6. The molecule has 12 heavy (non-hydrogen) atoms. The molecule has 0 aromatic rings. The van der Waals surface area contributed by atoms with Gasteiger partial charge >= 0.3 is 0 Å². The van der Waals surface area contributed by atoms with E-state index < -0.39 is 0 Å². The molecule has 0 heterocycles. The highest BCUT2D eigenvalue weighted by Gasteiger charge is 2.23. The molecular formula is C11H18O. The SMILES string of the molecule is C=C1CCC(C(=O)C(C)C)CC1. The molecule has 0 amide bonds. The zero-order valence-electron chi connectivity index (χ0n) is 8.10. The standard InChI is InChI=1S/C11H18O/c1-8(2)11(12)10-6-4-9(3)5-7-10/h8,10H,3-7H2,1-2H3. The van der Waals surface area contributed by atoms with Crippen molar-refractivity contribution in [1.82, 2.24) is 0 Å². The fraction of sp³-hybridized carbons (Fsp3) is 0.727. The molecule has 1 aliphatic carbocycles. The molecule has 0 spiro atoms. The van der Waals surface area contributed by atoms with Crippen molar-refractivity contribution < 1.29 is 4.79 Å². The molecular weight excluding hydrogens is 148 g/mol. The predicted molar refractivity (Wildman–Crippen MR) is 50.9 cm³/mol. The van der Waals surface area contributed by atoms with E-state index in [4.69, 9.17) is 0 Å². The van der Waals surface area contributed by atoms with Crippen LogP contribution in [0, 0.1) is 11.8 Å². The second-order valence-electron chi connectivity index (χ2n) is 4.08. The highest BCUT2D eigenvalue weighted by atomic mass is 16.1. The van der Waals surface area contributed by atoms with Gasteiger partial charge in [-0.3, -0.25) is 4.79 Å². The van der Waals surface area contributed by atoms with Gasteiger partial charge < -0.3 is 0 Å². The number of carbonyl (C=O) groups is 1. The third-order valence-corrected chi connectivity index (χ3v) is 2.66. The van der Waals surface area contributed by atoms with Crippen molar-refractivity contribution in [2.24, 2.45) is 11.8 Å². The molecule has 0 aromatic heterocycles. The maximum absolute atomic E-state index is 11.6. The molecule has 1 aliphatic rings. The van der Waals surface area contributed by atoms with E-state index in [9.17, 15) is 4.79 Å². The van der Waals surface area contributed by atoms with Crippen molar-refractivity contribution in [3.8, 4) is 0 Å². The quantitative estimate of drug-likeness (QED) is 0.576. The van der Waals surface area contributed by atoms with E-state index in [1.54, 1.807) is 0 Å². The molecule has 1 rings (SSSR count). The minimum atomic E-state index is 0.210. The first kappa shape index (κ1) is 9.50. The molecule has 0 aliphatic heterocycles. The van der Waals surface area contributed by atoms with Gasteiger partial charge in [0.2, 0.25) is 0 Å². The summed E-state index contributed by atoms with van der Waals surface area (Å²) in [6.07, 6.45) is 4.19. The Labute approximate surface area is 74.9 Å². The van der Waals surface area contributed by atoms with Crippen LogP contribution in [-0.2, 0) is 4.79 Å². The summed E-state index contributed by atoms with van der Waals surface area (Å²) in [5.74, 6) is 0.986. The number of hydrogen-bond donors (Lipinski definition) is 0. The molecule has 0 N–H and O–H groups in total. The van der Waals surface area contributed by atoms with Gasteiger partial charge in [-0.05, 0) is 25.7 Å². The molecule has 0 unspecified atom stereocenters. The molecule has 0 atom stereocenters. The highest BCUT2D eigenvalue weighted by molar-refractivity contribution is 5.82. The average molecular weight is 166 g/mol. The van der Waals surface area contributed by atoms with Gasteiger partial charge in [-0.2, -0.15) is 0 Å². The van der Waals surface area contributed by atoms with Gasteiger partial charge in [-0.1, -0.05) is 26.0 Å². The van der Waals surface area contributed by atoms with Crippen molar-refractivity contribution in [3.05, 3.63) is 12.2 Å². The van der Waals surface area contributed by atoms with Crippen LogP contribution in [0.2, 0.25) is 0 Å². The van der Waals surface area contributed by atoms with Crippen molar-refractivity contribution in [1.29, 1.82) is 0 Å². The van der Waals surface area contributed by atoms with Crippen LogP contribution in [0.1, 0.15) is 39.5 Å². The summed E-state index contributed by atoms with van der Waals surface area (Å²) in [7, 11) is 0. The third-order valence-electron chi connectivity index (χ3n) is 2.66. The van der Waals surface area contributed by atoms with Gasteiger partial charge in [0.1, 0.15) is 5.78 Å². The number of rotatable bonds is 2. The number of ketones is 1. The Hall–Kier alpha value is -0.590. The van der Waals surface area contributed by atoms with E-state index in [0.29, 0.717) is 11.7 Å². The van der Waals surface area contributed by atoms with Gasteiger partial charge in [0.05, 0.1) is 0 Å². The Balaban J connectivity index is 2.44. The minimum Gasteiger partial charge on any atom is -0.299 e. The zero-order valence-corrected chi connectivity index (χ0v) is 8.10. The number of allylic oxidation sites excluding steroid dienone is 1. The third kappa shape index (κ3) is 2.20. The van der Waals surface area contributed by atoms with Crippen LogP contribution in [0.4, 0.5) is 0 Å². The monoisotopic (exact) mass is 166 g/mol. The summed E-state index contributed by atoms with van der Waals surface area (Å²) in [5.41, 5.74) is 1.32. The van der Waals surface area contributed by atoms with Crippen LogP contribution in [0.5, 0.6) is 0 Å². The Bertz CT molecular complexity index is 181. The molecule has 1 nitrogen and oxygen atoms in total. The fourth-order valence-corrected chi connectivity index (χ4v) is 1.78. The van der Waals surface area contributed by atoms with Gasteiger partial charge in [0.15, 0.2) is 0 Å². The molecule has 0 radical (unpaired) electrons. The molecule has 1 heteroatoms. The molecule has 68 valence electrons. The minimum absolute atomic E-state index is 0.210. The number of Topliss-reactive ketones (excluding diaryl/α,β-unsaturated/α-hetero) is 1. The van der Waals surface area contributed by atoms with E-state index >= 15 is 0 Å². The summed E-state index contributed by atoms with van der Waals surface area (Å²) in [6.45, 7) is 7.93. The van der Waals surface area contributed by atoms with E-state index in [2.05, 4.69) is 6.58 Å². The summed E-state index contributed by atoms with van der Waals surface area (Å²) in [5, 5.41) is 0. The van der Waals surface area contributed by atoms with Crippen LogP contribution in [0.15, 0.2) is 12.2 Å². The van der Waals surface area contributed by atoms with E-state index in [-0.39, 0.29) is 5.92 Å². The Morgan fingerprint density at radius 2 is 1.92 bits per heavy atom. The topological polar surface area (TPSA) is 17.1 Å². The Morgan fingerprint density at radius 3 is 2.33 bits per heavy atom. The molecule has 0 aromatic carbocycles. The summed E-state index contributed by atoms with van der Waals surface area (Å²) in [6, 6.07) is 0. The van der Waals surface area contributed by atoms with Gasteiger partial charge in [0, 0.05) is 11.8 Å². The second kappa shape index (κ2) is 3.88. The number of hydrogen-bond acceptors (Lipinski definition) is 1. The van der Waals surface area contributed by atoms with Crippen molar-refractivity contribution in [2.45, 2.75) is 39.5 Å². The van der Waals surface area contributed by atoms with Crippen LogP contribution < -0.4 is 0 Å². The number of carbonyl (C=O) groups excluding carboxylic acids is 1. The first-order chi connectivity index (χ1) is 5.61. The fourth-order valence-electron chi connectivity index (χ4n) is 1.78. The van der Waals surface area contributed by atoms with Gasteiger partial charge in [-0.15, -0.1) is 0 Å². The Morgan fingerprint density at radius 1 is 1.42 bits per heavy atom. The van der Waals surface area contributed by atoms with E-state index in [1.165, 1.54) is 5.57 Å². The van der Waals surface area contributed by atoms with E-state index in [0.717, 1.165) is 25.7 Å². The lowest BCUT2D eigenvalue weighted by atomic mass is 9.81. The Kier molecular flexibility index (Phi) is 3.07. The normalized spacial score (nSPS) is 20.1. The van der Waals surface area contributed by atoms with E-state index in [1.807, 2.05) is 13.8 Å². The van der Waals surface area contributed by atoms with Crippen molar-refractivity contribution in [3.63, 3.8) is 0 Å². The maximum atomic E-state index is 11.6. The van der Waals surface area contributed by atoms with Crippen LogP contribution in [0.25, 0.3) is 0 Å². The smallest absolute Gasteiger partial charge is 0.138 e. The average Bonchev–Trinajstić information content (AvgIpc) is 2.04. The summed E-state index contributed by atoms with van der Waals surface area (Å²) >= 11 is 0. The maximum Gasteiger partial charge on any atom is 0.138 e. The largest absolute Gasteiger partial charge is 0.299 e. The van der Waals surface area contributed by atoms with Gasteiger partial charge in [-0.25, -0.2) is 0 Å². The van der Waals surface area contributed by atoms with Crippen LogP contribution >= 0.6 is 0 Å². The predicted octanol–water partition coefficient (Wildman–Crippen LogP) is 2.96. The van der Waals surface area contributed by atoms with Gasteiger partial charge in [0.25, 0.3) is 0 Å².